The zero-order chi connectivity index (χ0) is 66.4. The van der Waals surface area contributed by atoms with Gasteiger partial charge in [0, 0.05) is 6.42 Å². The van der Waals surface area contributed by atoms with E-state index in [1.807, 2.05) is 6.08 Å². The van der Waals surface area contributed by atoms with Gasteiger partial charge in [0.25, 0.3) is 0 Å². The summed E-state index contributed by atoms with van der Waals surface area (Å²) < 4.78 is 11.4. The highest BCUT2D eigenvalue weighted by atomic mass is 16.7. The molecule has 1 fully saturated rings. The van der Waals surface area contributed by atoms with Gasteiger partial charge in [-0.25, -0.2) is 0 Å². The number of unbranched alkanes of at least 4 members (excludes halogenated alkanes) is 63. The first-order chi connectivity index (χ1) is 45.3. The van der Waals surface area contributed by atoms with Crippen molar-refractivity contribution in [3.05, 3.63) is 24.3 Å². The molecule has 1 amide bonds. The second kappa shape index (κ2) is 72.4. The van der Waals surface area contributed by atoms with Crippen molar-refractivity contribution < 1.29 is 39.8 Å². The Hall–Kier alpha value is -1.33. The van der Waals surface area contributed by atoms with Crippen molar-refractivity contribution in [3.63, 3.8) is 0 Å². The molecule has 0 bridgehead atoms. The van der Waals surface area contributed by atoms with E-state index in [2.05, 4.69) is 31.3 Å². The fourth-order valence-electron chi connectivity index (χ4n) is 13.8. The van der Waals surface area contributed by atoms with E-state index >= 15 is 0 Å². The lowest BCUT2D eigenvalue weighted by Crippen LogP contribution is -2.60. The number of rotatable bonds is 75. The summed E-state index contributed by atoms with van der Waals surface area (Å²) in [6.07, 6.45) is 90.6. The van der Waals surface area contributed by atoms with Crippen molar-refractivity contribution in [1.29, 1.82) is 0 Å². The van der Waals surface area contributed by atoms with Crippen molar-refractivity contribution >= 4 is 5.91 Å². The van der Waals surface area contributed by atoms with Gasteiger partial charge in [0.2, 0.25) is 5.91 Å². The van der Waals surface area contributed by atoms with Crippen LogP contribution in [-0.4, -0.2) is 87.5 Å². The predicted molar refractivity (Wildman–Crippen MR) is 397 cm³/mol. The molecule has 92 heavy (non-hydrogen) atoms. The largest absolute Gasteiger partial charge is 0.394 e. The van der Waals surface area contributed by atoms with Gasteiger partial charge in [-0.3, -0.25) is 4.79 Å². The van der Waals surface area contributed by atoms with Gasteiger partial charge in [0.1, 0.15) is 24.4 Å². The van der Waals surface area contributed by atoms with E-state index in [-0.39, 0.29) is 12.5 Å². The summed E-state index contributed by atoms with van der Waals surface area (Å²) in [4.78, 5) is 13.2. The van der Waals surface area contributed by atoms with E-state index in [0.29, 0.717) is 6.42 Å². The van der Waals surface area contributed by atoms with E-state index in [4.69, 9.17) is 9.47 Å². The number of hydrogen-bond donors (Lipinski definition) is 6. The second-order valence-corrected chi connectivity index (χ2v) is 29.3. The molecule has 1 aliphatic rings. The van der Waals surface area contributed by atoms with Gasteiger partial charge < -0.3 is 40.3 Å². The maximum absolute atomic E-state index is 13.2. The van der Waals surface area contributed by atoms with Crippen LogP contribution in [-0.2, 0) is 14.3 Å². The van der Waals surface area contributed by atoms with Gasteiger partial charge in [-0.1, -0.05) is 417 Å². The average molecular weight is 1300 g/mol. The molecule has 1 saturated heterocycles. The number of allylic oxidation sites excluding steroid dienone is 3. The fourth-order valence-corrected chi connectivity index (χ4v) is 13.8. The van der Waals surface area contributed by atoms with Gasteiger partial charge in [-0.15, -0.1) is 0 Å². The zero-order valence-corrected chi connectivity index (χ0v) is 61.6. The molecule has 0 aliphatic carbocycles. The summed E-state index contributed by atoms with van der Waals surface area (Å²) in [5.41, 5.74) is 0. The molecule has 0 radical (unpaired) electrons. The molecule has 0 aromatic rings. The van der Waals surface area contributed by atoms with Crippen molar-refractivity contribution in [2.45, 2.75) is 487 Å². The number of hydrogen-bond acceptors (Lipinski definition) is 8. The van der Waals surface area contributed by atoms with Crippen molar-refractivity contribution in [1.82, 2.24) is 5.32 Å². The number of aliphatic hydroxyl groups excluding tert-OH is 5. The smallest absolute Gasteiger partial charge is 0.220 e. The first-order valence-electron chi connectivity index (χ1n) is 41.6. The molecular weight excluding hydrogens is 1140 g/mol. The quantitative estimate of drug-likeness (QED) is 0.0261. The van der Waals surface area contributed by atoms with Crippen LogP contribution in [0, 0.1) is 0 Å². The van der Waals surface area contributed by atoms with Crippen LogP contribution in [0.3, 0.4) is 0 Å². The van der Waals surface area contributed by atoms with Crippen LogP contribution in [0.1, 0.15) is 444 Å². The van der Waals surface area contributed by atoms with Crippen LogP contribution < -0.4 is 5.32 Å². The minimum absolute atomic E-state index is 0.166. The van der Waals surface area contributed by atoms with Crippen molar-refractivity contribution in [3.8, 4) is 0 Å². The molecule has 1 aliphatic heterocycles. The van der Waals surface area contributed by atoms with E-state index in [1.165, 1.54) is 385 Å². The minimum atomic E-state index is -1.57. The summed E-state index contributed by atoms with van der Waals surface area (Å²) in [5.74, 6) is -0.166. The molecule has 1 heterocycles. The van der Waals surface area contributed by atoms with Crippen LogP contribution in [0.5, 0.6) is 0 Å². The average Bonchev–Trinajstić information content (AvgIpc) is 1.45. The van der Waals surface area contributed by atoms with Crippen LogP contribution in [0.25, 0.3) is 0 Å². The molecule has 7 atom stereocenters. The molecule has 0 saturated carbocycles. The van der Waals surface area contributed by atoms with Gasteiger partial charge in [-0.05, 0) is 44.9 Å². The Labute approximate surface area is 572 Å². The predicted octanol–water partition coefficient (Wildman–Crippen LogP) is 23.9. The molecule has 7 unspecified atom stereocenters. The summed E-state index contributed by atoms with van der Waals surface area (Å²) in [5, 5.41) is 54.9. The van der Waals surface area contributed by atoms with Crippen LogP contribution >= 0.6 is 0 Å². The SMILES string of the molecule is CCCCCCCCCC/C=C\CCCCCCCCCCCCCCCCCCCCCCCCCCCCCC(=O)NC(COC1OC(CO)C(O)C(O)C1O)C(O)/C=C/CCCCCCCCCCCCCCCCCCCCCCCCCCCCCC. The Morgan fingerprint density at radius 1 is 0.359 bits per heavy atom. The normalized spacial score (nSPS) is 17.7. The molecule has 6 N–H and O–H groups in total. The van der Waals surface area contributed by atoms with E-state index < -0.39 is 49.5 Å². The lowest BCUT2D eigenvalue weighted by atomic mass is 9.99. The third kappa shape index (κ3) is 59.9. The number of carbonyl (C=O) groups is 1. The van der Waals surface area contributed by atoms with E-state index in [9.17, 15) is 30.3 Å². The maximum atomic E-state index is 13.2. The molecule has 0 aromatic carbocycles. The van der Waals surface area contributed by atoms with Crippen molar-refractivity contribution in [2.24, 2.45) is 0 Å². The standard InChI is InChI=1S/C83H161NO8/c1-3-5-7-9-11-13-15-17-19-21-23-25-27-29-31-33-35-36-37-38-39-40-41-42-43-45-47-49-51-53-55-57-59-61-63-65-67-69-71-73-79(87)84-76(75-91-83-82(90)81(89)80(88)78(74-85)92-83)77(86)72-70-68-66-64-62-60-58-56-54-52-50-48-46-44-34-32-30-28-26-24-22-20-18-16-14-12-10-8-6-4-2/h21,23,70,72,76-78,80-83,85-86,88-90H,3-20,22,24-69,71,73-75H2,1-2H3,(H,84,87)/b23-21-,72-70+. The topological polar surface area (TPSA) is 149 Å². The lowest BCUT2D eigenvalue weighted by Gasteiger charge is -2.40. The molecular formula is C83H161NO8. The van der Waals surface area contributed by atoms with Crippen LogP contribution in [0.4, 0.5) is 0 Å². The molecule has 0 aromatic heterocycles. The molecule has 0 spiro atoms. The third-order valence-corrected chi connectivity index (χ3v) is 20.3. The molecule has 9 heteroatoms. The molecule has 1 rings (SSSR count). The second-order valence-electron chi connectivity index (χ2n) is 29.3. The van der Waals surface area contributed by atoms with E-state index in [1.54, 1.807) is 6.08 Å². The highest BCUT2D eigenvalue weighted by Crippen LogP contribution is 2.24. The highest BCUT2D eigenvalue weighted by Gasteiger charge is 2.44. The van der Waals surface area contributed by atoms with Gasteiger partial charge in [0.05, 0.1) is 25.4 Å². The first kappa shape index (κ1) is 88.7. The number of ether oxygens (including phenoxy) is 2. The summed E-state index contributed by atoms with van der Waals surface area (Å²) >= 11 is 0. The monoisotopic (exact) mass is 1300 g/mol. The summed E-state index contributed by atoms with van der Waals surface area (Å²) in [6, 6.07) is -0.804. The highest BCUT2D eigenvalue weighted by molar-refractivity contribution is 5.76. The van der Waals surface area contributed by atoms with Crippen molar-refractivity contribution in [2.75, 3.05) is 13.2 Å². The Bertz CT molecular complexity index is 1510. The first-order valence-corrected chi connectivity index (χ1v) is 41.6. The fraction of sp³-hybridized carbons (Fsp3) is 0.940. The minimum Gasteiger partial charge on any atom is -0.394 e. The van der Waals surface area contributed by atoms with Gasteiger partial charge in [0.15, 0.2) is 6.29 Å². The Morgan fingerprint density at radius 3 is 0.880 bits per heavy atom. The van der Waals surface area contributed by atoms with Crippen LogP contribution in [0.2, 0.25) is 0 Å². The lowest BCUT2D eigenvalue weighted by molar-refractivity contribution is -0.302. The zero-order valence-electron chi connectivity index (χ0n) is 61.6. The van der Waals surface area contributed by atoms with E-state index in [0.717, 1.165) is 38.5 Å². The van der Waals surface area contributed by atoms with Gasteiger partial charge in [-0.2, -0.15) is 0 Å². The summed E-state index contributed by atoms with van der Waals surface area (Å²) in [7, 11) is 0. The Kier molecular flexibility index (Phi) is 69.8. The third-order valence-electron chi connectivity index (χ3n) is 20.3. The molecule has 9 nitrogen and oxygen atoms in total. The number of nitrogens with one attached hydrogen (secondary N) is 1. The number of amides is 1. The van der Waals surface area contributed by atoms with Gasteiger partial charge >= 0.3 is 0 Å². The number of carbonyl (C=O) groups excluding carboxylic acids is 1. The Balaban J connectivity index is 2.03. The number of aliphatic hydroxyl groups is 5. The Morgan fingerprint density at radius 2 is 0.609 bits per heavy atom. The van der Waals surface area contributed by atoms with Crippen LogP contribution in [0.15, 0.2) is 24.3 Å². The molecule has 546 valence electrons. The summed E-state index contributed by atoms with van der Waals surface area (Å²) in [6.45, 7) is 3.85. The maximum Gasteiger partial charge on any atom is 0.220 e.